The van der Waals surface area contributed by atoms with E-state index in [1.54, 1.807) is 11.8 Å². The average Bonchev–Trinajstić information content (AvgIpc) is 3.12. The van der Waals surface area contributed by atoms with E-state index in [2.05, 4.69) is 10.3 Å². The molecular formula is C15H16ClN3O2S. The van der Waals surface area contributed by atoms with Crippen LogP contribution in [0.3, 0.4) is 0 Å². The minimum absolute atomic E-state index is 0.191. The Balaban J connectivity index is 1.74. The number of likely N-dealkylation sites (tertiary alicyclic amines) is 1. The third kappa shape index (κ3) is 2.94. The summed E-state index contributed by atoms with van der Waals surface area (Å²) in [4.78, 5) is 30.5. The van der Waals surface area contributed by atoms with Gasteiger partial charge in [-0.3, -0.25) is 9.59 Å². The smallest absolute Gasteiger partial charge is 0.248 e. The number of halogens is 1. The monoisotopic (exact) mass is 337 g/mol. The molecule has 1 fully saturated rings. The molecule has 2 amide bonds. The fourth-order valence-electron chi connectivity index (χ4n) is 2.65. The topological polar surface area (TPSA) is 62.3 Å². The summed E-state index contributed by atoms with van der Waals surface area (Å²) in [6.45, 7) is 2.21. The number of benzene rings is 1. The molecule has 0 radical (unpaired) electrons. The van der Waals surface area contributed by atoms with Gasteiger partial charge in [-0.1, -0.05) is 23.5 Å². The van der Waals surface area contributed by atoms with Crippen molar-refractivity contribution >= 4 is 50.1 Å². The molecular weight excluding hydrogens is 322 g/mol. The number of aromatic nitrogens is 1. The molecule has 7 heteroatoms. The molecule has 0 bridgehead atoms. The molecule has 2 unspecified atom stereocenters. The number of amides is 2. The summed E-state index contributed by atoms with van der Waals surface area (Å²) in [5.41, 5.74) is 0.858. The number of rotatable bonds is 3. The minimum Gasteiger partial charge on any atom is -0.329 e. The molecule has 2 heterocycles. The molecule has 0 aliphatic carbocycles. The van der Waals surface area contributed by atoms with Crippen LogP contribution in [0.2, 0.25) is 0 Å². The van der Waals surface area contributed by atoms with E-state index in [0.717, 1.165) is 16.6 Å². The summed E-state index contributed by atoms with van der Waals surface area (Å²) in [5.74, 6) is -0.383. The molecule has 2 aromatic rings. The second-order valence-corrected chi connectivity index (χ2v) is 6.97. The van der Waals surface area contributed by atoms with Crippen LogP contribution in [0.5, 0.6) is 0 Å². The van der Waals surface area contributed by atoms with Crippen molar-refractivity contribution in [1.82, 2.24) is 9.88 Å². The number of para-hydroxylation sites is 1. The highest BCUT2D eigenvalue weighted by Gasteiger charge is 2.35. The maximum atomic E-state index is 12.4. The van der Waals surface area contributed by atoms with E-state index in [1.807, 2.05) is 24.3 Å². The molecule has 0 saturated carbocycles. The van der Waals surface area contributed by atoms with Gasteiger partial charge in [-0.25, -0.2) is 4.98 Å². The highest BCUT2D eigenvalue weighted by molar-refractivity contribution is 7.22. The number of nitrogens with zero attached hydrogens (tertiary/aromatic N) is 2. The maximum absolute atomic E-state index is 12.4. The molecule has 0 spiro atoms. The van der Waals surface area contributed by atoms with Gasteiger partial charge in [0.25, 0.3) is 0 Å². The lowest BCUT2D eigenvalue weighted by molar-refractivity contribution is -0.136. The number of nitrogens with one attached hydrogen (secondary N) is 1. The zero-order valence-electron chi connectivity index (χ0n) is 12.1. The largest absolute Gasteiger partial charge is 0.329 e. The Morgan fingerprint density at radius 1 is 1.45 bits per heavy atom. The molecule has 2 atom stereocenters. The molecule has 3 rings (SSSR count). The number of anilines is 1. The summed E-state index contributed by atoms with van der Waals surface area (Å²) in [6.07, 6.45) is 1.47. The average molecular weight is 338 g/mol. The van der Waals surface area contributed by atoms with Gasteiger partial charge in [0, 0.05) is 6.54 Å². The standard InChI is InChI=1S/C15H16ClN3O2S/c1-9(16)14(21)19-8-4-6-11(19)13(20)18-15-17-10-5-2-3-7-12(10)22-15/h2-3,5,7,9,11H,4,6,8H2,1H3,(H,17,18,20). The van der Waals surface area contributed by atoms with Gasteiger partial charge < -0.3 is 10.2 Å². The lowest BCUT2D eigenvalue weighted by Gasteiger charge is -2.24. The van der Waals surface area contributed by atoms with Crippen LogP contribution >= 0.6 is 22.9 Å². The van der Waals surface area contributed by atoms with Crippen molar-refractivity contribution in [2.45, 2.75) is 31.2 Å². The van der Waals surface area contributed by atoms with Gasteiger partial charge in [0.05, 0.1) is 10.2 Å². The first-order valence-electron chi connectivity index (χ1n) is 7.17. The Morgan fingerprint density at radius 2 is 2.23 bits per heavy atom. The number of thiazole rings is 1. The Bertz CT molecular complexity index is 683. The van der Waals surface area contributed by atoms with Crippen molar-refractivity contribution < 1.29 is 9.59 Å². The predicted molar refractivity (Wildman–Crippen MR) is 88.3 cm³/mol. The van der Waals surface area contributed by atoms with Crippen molar-refractivity contribution in [1.29, 1.82) is 0 Å². The lowest BCUT2D eigenvalue weighted by atomic mass is 10.2. The van der Waals surface area contributed by atoms with Crippen molar-refractivity contribution in [3.8, 4) is 0 Å². The molecule has 1 aliphatic rings. The van der Waals surface area contributed by atoms with Gasteiger partial charge in [-0.15, -0.1) is 11.6 Å². The number of hydrogen-bond acceptors (Lipinski definition) is 4. The number of fused-ring (bicyclic) bond motifs is 1. The maximum Gasteiger partial charge on any atom is 0.248 e. The van der Waals surface area contributed by atoms with Crippen LogP contribution in [0, 0.1) is 0 Å². The Hall–Kier alpha value is -1.66. The molecule has 1 N–H and O–H groups in total. The van der Waals surface area contributed by atoms with Crippen LogP contribution in [0.1, 0.15) is 19.8 Å². The van der Waals surface area contributed by atoms with E-state index in [1.165, 1.54) is 11.3 Å². The molecule has 1 aromatic carbocycles. The quantitative estimate of drug-likeness (QED) is 0.876. The summed E-state index contributed by atoms with van der Waals surface area (Å²) < 4.78 is 1.02. The van der Waals surface area contributed by atoms with Crippen LogP contribution < -0.4 is 5.32 Å². The summed E-state index contributed by atoms with van der Waals surface area (Å²) in [6, 6.07) is 7.25. The fraction of sp³-hybridized carbons (Fsp3) is 0.400. The molecule has 116 valence electrons. The highest BCUT2D eigenvalue weighted by Crippen LogP contribution is 2.27. The van der Waals surface area contributed by atoms with E-state index >= 15 is 0 Å². The van der Waals surface area contributed by atoms with Crippen LogP contribution in [0.4, 0.5) is 5.13 Å². The van der Waals surface area contributed by atoms with E-state index in [4.69, 9.17) is 11.6 Å². The molecule has 1 saturated heterocycles. The SMILES string of the molecule is CC(Cl)C(=O)N1CCCC1C(=O)Nc1nc2ccccc2s1. The highest BCUT2D eigenvalue weighted by atomic mass is 35.5. The number of carbonyl (C=O) groups excluding carboxylic acids is 2. The van der Waals surface area contributed by atoms with E-state index < -0.39 is 11.4 Å². The van der Waals surface area contributed by atoms with Crippen LogP contribution in [-0.4, -0.2) is 39.7 Å². The number of carbonyl (C=O) groups is 2. The van der Waals surface area contributed by atoms with Gasteiger partial charge >= 0.3 is 0 Å². The van der Waals surface area contributed by atoms with Crippen molar-refractivity contribution in [2.24, 2.45) is 0 Å². The Morgan fingerprint density at radius 3 is 2.95 bits per heavy atom. The van der Waals surface area contributed by atoms with Crippen molar-refractivity contribution in [2.75, 3.05) is 11.9 Å². The first-order chi connectivity index (χ1) is 10.6. The minimum atomic E-state index is -0.615. The summed E-state index contributed by atoms with van der Waals surface area (Å²) >= 11 is 7.29. The normalized spacial score (nSPS) is 19.4. The predicted octanol–water partition coefficient (Wildman–Crippen LogP) is 2.85. The fourth-order valence-corrected chi connectivity index (χ4v) is 3.64. The van der Waals surface area contributed by atoms with Crippen LogP contribution in [0.25, 0.3) is 10.2 Å². The number of hydrogen-bond donors (Lipinski definition) is 1. The van der Waals surface area contributed by atoms with E-state index in [9.17, 15) is 9.59 Å². The second kappa shape index (κ2) is 6.22. The van der Waals surface area contributed by atoms with Gasteiger partial charge in [-0.2, -0.15) is 0 Å². The van der Waals surface area contributed by atoms with Crippen molar-refractivity contribution in [3.05, 3.63) is 24.3 Å². The zero-order valence-corrected chi connectivity index (χ0v) is 13.7. The second-order valence-electron chi connectivity index (χ2n) is 5.28. The van der Waals surface area contributed by atoms with E-state index in [-0.39, 0.29) is 11.8 Å². The lowest BCUT2D eigenvalue weighted by Crippen LogP contribution is -2.45. The van der Waals surface area contributed by atoms with Gasteiger partial charge in [0.1, 0.15) is 11.4 Å². The molecule has 22 heavy (non-hydrogen) atoms. The van der Waals surface area contributed by atoms with Gasteiger partial charge in [0.2, 0.25) is 11.8 Å². The number of alkyl halides is 1. The zero-order chi connectivity index (χ0) is 15.7. The molecule has 1 aliphatic heterocycles. The van der Waals surface area contributed by atoms with Crippen LogP contribution in [0.15, 0.2) is 24.3 Å². The van der Waals surface area contributed by atoms with Gasteiger partial charge in [-0.05, 0) is 31.9 Å². The summed E-state index contributed by atoms with van der Waals surface area (Å²) in [7, 11) is 0. The Labute approximate surface area is 137 Å². The van der Waals surface area contributed by atoms with Crippen molar-refractivity contribution in [3.63, 3.8) is 0 Å². The van der Waals surface area contributed by atoms with Crippen LogP contribution in [-0.2, 0) is 9.59 Å². The van der Waals surface area contributed by atoms with Gasteiger partial charge in [0.15, 0.2) is 5.13 Å². The summed E-state index contributed by atoms with van der Waals surface area (Å²) in [5, 5.41) is 2.77. The third-order valence-corrected chi connectivity index (χ3v) is 4.84. The third-order valence-electron chi connectivity index (χ3n) is 3.70. The first kappa shape index (κ1) is 15.2. The van der Waals surface area contributed by atoms with E-state index in [0.29, 0.717) is 18.1 Å². The Kier molecular flexibility index (Phi) is 4.31. The molecule has 5 nitrogen and oxygen atoms in total. The first-order valence-corrected chi connectivity index (χ1v) is 8.42. The molecule has 1 aromatic heterocycles.